The van der Waals surface area contributed by atoms with Crippen LogP contribution < -0.4 is 4.74 Å². The zero-order valence-electron chi connectivity index (χ0n) is 15.8. The van der Waals surface area contributed by atoms with Crippen LogP contribution in [0.4, 0.5) is 0 Å². The third-order valence-corrected chi connectivity index (χ3v) is 7.02. The Hall–Kier alpha value is -3.65. The van der Waals surface area contributed by atoms with Crippen molar-refractivity contribution in [2.75, 3.05) is 7.11 Å². The van der Waals surface area contributed by atoms with E-state index >= 15 is 0 Å². The molecule has 0 fully saturated rings. The van der Waals surface area contributed by atoms with Gasteiger partial charge in [-0.1, -0.05) is 30.3 Å². The number of nitrogens with zero attached hydrogens (tertiary/aromatic N) is 1. The molecule has 8 heteroatoms. The number of sulfone groups is 1. The van der Waals surface area contributed by atoms with Gasteiger partial charge in [0.1, 0.15) is 16.2 Å². The number of rotatable bonds is 4. The first-order valence-electron chi connectivity index (χ1n) is 9.16. The minimum absolute atomic E-state index is 0.0465. The molecule has 7 nitrogen and oxygen atoms in total. The fraction of sp³-hybridized carbons (Fsp3) is 0.0909. The summed E-state index contributed by atoms with van der Waals surface area (Å²) in [6.07, 6.45) is 2.15. The Morgan fingerprint density at radius 2 is 1.87 bits per heavy atom. The van der Waals surface area contributed by atoms with E-state index in [0.29, 0.717) is 27.8 Å². The molecule has 0 amide bonds. The van der Waals surface area contributed by atoms with Gasteiger partial charge in [0.15, 0.2) is 6.10 Å². The van der Waals surface area contributed by atoms with Crippen molar-refractivity contribution in [1.29, 1.82) is 0 Å². The molecular formula is C22H16N2O5S. The molecule has 3 heterocycles. The number of hydrogen-bond donors (Lipinski definition) is 1. The molecule has 0 saturated carbocycles. The van der Waals surface area contributed by atoms with Crippen LogP contribution in [0.25, 0.3) is 10.9 Å². The van der Waals surface area contributed by atoms with Gasteiger partial charge < -0.3 is 14.5 Å². The monoisotopic (exact) mass is 420 g/mol. The molecule has 2 aromatic carbocycles. The Kier molecular flexibility index (Phi) is 4.11. The van der Waals surface area contributed by atoms with E-state index in [4.69, 9.17) is 9.47 Å². The lowest BCUT2D eigenvalue weighted by atomic mass is 10.0. The molecule has 1 aliphatic heterocycles. The highest BCUT2D eigenvalue weighted by atomic mass is 32.2. The molecule has 1 unspecified atom stereocenters. The molecule has 150 valence electrons. The second kappa shape index (κ2) is 6.70. The van der Waals surface area contributed by atoms with Crippen molar-refractivity contribution in [1.82, 2.24) is 9.97 Å². The van der Waals surface area contributed by atoms with Gasteiger partial charge in [0, 0.05) is 23.3 Å². The van der Waals surface area contributed by atoms with Crippen molar-refractivity contribution in [2.45, 2.75) is 15.9 Å². The maximum Gasteiger partial charge on any atom is 0.343 e. The SMILES string of the molecule is COc1cccc2c1C(=O)OC2c1[nH]c2ccncc2c1S(=O)(=O)c1ccccc1. The number of carbonyl (C=O) groups excluding carboxylic acids is 1. The van der Waals surface area contributed by atoms with Crippen LogP contribution in [-0.2, 0) is 14.6 Å². The maximum absolute atomic E-state index is 13.6. The number of ether oxygens (including phenoxy) is 2. The Bertz CT molecular complexity index is 1390. The van der Waals surface area contributed by atoms with Crippen LogP contribution in [0.1, 0.15) is 27.7 Å². The zero-order valence-corrected chi connectivity index (χ0v) is 16.6. The van der Waals surface area contributed by atoms with Gasteiger partial charge in [-0.15, -0.1) is 0 Å². The number of methoxy groups -OCH3 is 1. The first-order valence-corrected chi connectivity index (χ1v) is 10.6. The van der Waals surface area contributed by atoms with Crippen LogP contribution in [0, 0.1) is 0 Å². The lowest BCUT2D eigenvalue weighted by Gasteiger charge is -2.13. The van der Waals surface area contributed by atoms with E-state index in [-0.39, 0.29) is 15.5 Å². The van der Waals surface area contributed by atoms with Gasteiger partial charge >= 0.3 is 5.97 Å². The standard InChI is InChI=1S/C22H16N2O5S/c1-28-17-9-5-8-14-18(17)22(25)29-20(14)19-21(15-12-23-11-10-16(15)24-19)30(26,27)13-6-3-2-4-7-13/h2-12,20,24H,1H3. The number of H-pyrrole nitrogens is 1. The molecule has 0 spiro atoms. The van der Waals surface area contributed by atoms with Gasteiger partial charge in [0.2, 0.25) is 9.84 Å². The number of hydrogen-bond acceptors (Lipinski definition) is 6. The minimum atomic E-state index is -3.92. The summed E-state index contributed by atoms with van der Waals surface area (Å²) in [6.45, 7) is 0. The summed E-state index contributed by atoms with van der Waals surface area (Å²) < 4.78 is 38.1. The molecule has 1 aliphatic rings. The van der Waals surface area contributed by atoms with E-state index in [2.05, 4.69) is 9.97 Å². The number of aromatic amines is 1. The third-order valence-electron chi connectivity index (χ3n) is 5.15. The molecule has 1 N–H and O–H groups in total. The molecular weight excluding hydrogens is 404 g/mol. The highest BCUT2D eigenvalue weighted by Gasteiger charge is 2.40. The Morgan fingerprint density at radius 3 is 2.63 bits per heavy atom. The van der Waals surface area contributed by atoms with E-state index in [1.54, 1.807) is 48.7 Å². The first-order chi connectivity index (χ1) is 14.5. The highest BCUT2D eigenvalue weighted by Crippen LogP contribution is 2.44. The number of aromatic nitrogens is 2. The van der Waals surface area contributed by atoms with Crippen molar-refractivity contribution in [2.24, 2.45) is 0 Å². The van der Waals surface area contributed by atoms with Crippen LogP contribution in [0.15, 0.2) is 76.8 Å². The molecule has 4 aromatic rings. The van der Waals surface area contributed by atoms with Gasteiger partial charge in [0.25, 0.3) is 0 Å². The second-order valence-electron chi connectivity index (χ2n) is 6.82. The van der Waals surface area contributed by atoms with Crippen molar-refractivity contribution in [3.8, 4) is 5.75 Å². The van der Waals surface area contributed by atoms with Crippen molar-refractivity contribution >= 4 is 26.7 Å². The van der Waals surface area contributed by atoms with Crippen LogP contribution in [-0.4, -0.2) is 31.5 Å². The Morgan fingerprint density at radius 1 is 1.07 bits per heavy atom. The summed E-state index contributed by atoms with van der Waals surface area (Å²) in [5.74, 6) is -0.183. The normalized spacial score (nSPS) is 15.8. The van der Waals surface area contributed by atoms with Crippen LogP contribution in [0.5, 0.6) is 5.75 Å². The Labute approximate surface area is 172 Å². The summed E-state index contributed by atoms with van der Waals surface area (Å²) in [7, 11) is -2.45. The van der Waals surface area contributed by atoms with Crippen molar-refractivity contribution < 1.29 is 22.7 Å². The number of benzene rings is 2. The van der Waals surface area contributed by atoms with Gasteiger partial charge in [-0.2, -0.15) is 0 Å². The second-order valence-corrected chi connectivity index (χ2v) is 8.70. The fourth-order valence-corrected chi connectivity index (χ4v) is 5.47. The topological polar surface area (TPSA) is 98.3 Å². The number of carbonyl (C=O) groups is 1. The molecule has 2 aromatic heterocycles. The highest BCUT2D eigenvalue weighted by molar-refractivity contribution is 7.91. The summed E-state index contributed by atoms with van der Waals surface area (Å²) in [5, 5.41) is 0.434. The number of pyridine rings is 1. The summed E-state index contributed by atoms with van der Waals surface area (Å²) in [5.41, 5.74) is 1.71. The first kappa shape index (κ1) is 18.4. The average molecular weight is 420 g/mol. The molecule has 0 bridgehead atoms. The largest absolute Gasteiger partial charge is 0.496 e. The maximum atomic E-state index is 13.6. The number of nitrogens with one attached hydrogen (secondary N) is 1. The quantitative estimate of drug-likeness (QED) is 0.506. The van der Waals surface area contributed by atoms with Crippen molar-refractivity contribution in [3.63, 3.8) is 0 Å². The lowest BCUT2D eigenvalue weighted by molar-refractivity contribution is 0.0444. The number of cyclic esters (lactones) is 1. The molecule has 5 rings (SSSR count). The van der Waals surface area contributed by atoms with Gasteiger partial charge in [-0.3, -0.25) is 4.98 Å². The molecule has 0 aliphatic carbocycles. The molecule has 1 atom stereocenters. The fourth-order valence-electron chi connectivity index (χ4n) is 3.82. The van der Waals surface area contributed by atoms with Gasteiger partial charge in [-0.05, 0) is 24.3 Å². The van der Waals surface area contributed by atoms with E-state index in [0.717, 1.165) is 0 Å². The van der Waals surface area contributed by atoms with E-state index in [1.807, 2.05) is 0 Å². The number of esters is 1. The van der Waals surface area contributed by atoms with Crippen LogP contribution in [0.2, 0.25) is 0 Å². The molecule has 0 radical (unpaired) electrons. The zero-order chi connectivity index (χ0) is 20.9. The lowest BCUT2D eigenvalue weighted by Crippen LogP contribution is -2.09. The molecule has 30 heavy (non-hydrogen) atoms. The van der Waals surface area contributed by atoms with E-state index < -0.39 is 21.9 Å². The summed E-state index contributed by atoms with van der Waals surface area (Å²) in [4.78, 5) is 20.0. The minimum Gasteiger partial charge on any atom is -0.496 e. The van der Waals surface area contributed by atoms with Crippen molar-refractivity contribution in [3.05, 3.63) is 83.8 Å². The van der Waals surface area contributed by atoms with Crippen LogP contribution in [0.3, 0.4) is 0 Å². The molecule has 0 saturated heterocycles. The van der Waals surface area contributed by atoms with E-state index in [1.165, 1.54) is 25.4 Å². The average Bonchev–Trinajstić information content (AvgIpc) is 3.32. The predicted octanol–water partition coefficient (Wildman–Crippen LogP) is 3.66. The summed E-state index contributed by atoms with van der Waals surface area (Å²) >= 11 is 0. The summed E-state index contributed by atoms with van der Waals surface area (Å²) in [6, 6.07) is 15.0. The smallest absolute Gasteiger partial charge is 0.343 e. The number of fused-ring (bicyclic) bond motifs is 2. The van der Waals surface area contributed by atoms with Gasteiger partial charge in [-0.25, -0.2) is 13.2 Å². The van der Waals surface area contributed by atoms with E-state index in [9.17, 15) is 13.2 Å². The third kappa shape index (κ3) is 2.61. The van der Waals surface area contributed by atoms with Gasteiger partial charge in [0.05, 0.1) is 23.2 Å². The predicted molar refractivity (Wildman–Crippen MR) is 108 cm³/mol. The van der Waals surface area contributed by atoms with Crippen LogP contribution >= 0.6 is 0 Å². The Balaban J connectivity index is 1.80.